The number of carbonyl (C=O) groups is 2. The Morgan fingerprint density at radius 1 is 0.905 bits per heavy atom. The van der Waals surface area contributed by atoms with E-state index >= 15 is 0 Å². The number of amides is 1. The Kier molecular flexibility index (Phi) is 8.67. The van der Waals surface area contributed by atoms with Crippen molar-refractivity contribution in [3.63, 3.8) is 0 Å². The molecule has 0 unspecified atom stereocenters. The molecule has 1 aromatic heterocycles. The number of aryl methyl sites for hydroxylation is 2. The summed E-state index contributed by atoms with van der Waals surface area (Å²) in [6, 6.07) is 28.8. The molecule has 0 spiro atoms. The maximum absolute atomic E-state index is 13.1. The van der Waals surface area contributed by atoms with Crippen molar-refractivity contribution in [2.45, 2.75) is 46.6 Å². The third-order valence-electron chi connectivity index (χ3n) is 7.36. The fourth-order valence-corrected chi connectivity index (χ4v) is 5.29. The van der Waals surface area contributed by atoms with Crippen molar-refractivity contribution >= 4 is 28.8 Å². The van der Waals surface area contributed by atoms with Gasteiger partial charge in [0.1, 0.15) is 5.82 Å². The lowest BCUT2D eigenvalue weighted by Crippen LogP contribution is -2.31. The van der Waals surface area contributed by atoms with Crippen LogP contribution in [0.4, 0.5) is 10.5 Å². The number of benzene rings is 4. The van der Waals surface area contributed by atoms with Gasteiger partial charge in [-0.1, -0.05) is 67.9 Å². The Balaban J connectivity index is 1.63. The van der Waals surface area contributed by atoms with Crippen LogP contribution in [0.25, 0.3) is 27.8 Å². The van der Waals surface area contributed by atoms with Gasteiger partial charge in [0.2, 0.25) is 0 Å². The van der Waals surface area contributed by atoms with Crippen molar-refractivity contribution in [1.29, 1.82) is 0 Å². The molecule has 0 saturated carbocycles. The minimum absolute atomic E-state index is 0.271. The number of unbranched alkanes of at least 4 members (excludes halogenated alkanes) is 1. The molecule has 5 rings (SSSR count). The van der Waals surface area contributed by atoms with E-state index < -0.39 is 12.1 Å². The molecule has 1 heterocycles. The van der Waals surface area contributed by atoms with Crippen molar-refractivity contribution < 1.29 is 19.4 Å². The lowest BCUT2D eigenvalue weighted by molar-refractivity contribution is 0.0697. The number of aromatic nitrogens is 2. The molecule has 4 aromatic carbocycles. The number of fused-ring (bicyclic) bond motifs is 1. The number of anilines is 1. The summed E-state index contributed by atoms with van der Waals surface area (Å²) in [4.78, 5) is 31.7. The van der Waals surface area contributed by atoms with Crippen LogP contribution < -0.4 is 4.90 Å². The van der Waals surface area contributed by atoms with Gasteiger partial charge in [-0.2, -0.15) is 0 Å². The zero-order chi connectivity index (χ0) is 29.6. The number of carboxylic acid groups (broad SMARTS) is 1. The number of carbonyl (C=O) groups excluding carboxylic acids is 1. The van der Waals surface area contributed by atoms with E-state index in [0.717, 1.165) is 64.2 Å². The second-order valence-corrected chi connectivity index (χ2v) is 10.3. The second kappa shape index (κ2) is 12.7. The van der Waals surface area contributed by atoms with Gasteiger partial charge in [-0.25, -0.2) is 14.6 Å². The molecule has 7 heteroatoms. The Morgan fingerprint density at radius 2 is 1.67 bits per heavy atom. The fraction of sp³-hybridized carbons (Fsp3) is 0.229. The van der Waals surface area contributed by atoms with Gasteiger partial charge in [-0.3, -0.25) is 9.47 Å². The molecule has 0 atom stereocenters. The average Bonchev–Trinajstić information content (AvgIpc) is 3.37. The molecular weight excluding hydrogens is 526 g/mol. The van der Waals surface area contributed by atoms with Gasteiger partial charge in [0, 0.05) is 17.8 Å². The molecule has 0 radical (unpaired) electrons. The third kappa shape index (κ3) is 5.91. The van der Waals surface area contributed by atoms with Gasteiger partial charge < -0.3 is 9.84 Å². The molecule has 0 fully saturated rings. The van der Waals surface area contributed by atoms with Crippen LogP contribution in [-0.4, -0.2) is 33.3 Å². The number of hydrogen-bond acceptors (Lipinski definition) is 4. The van der Waals surface area contributed by atoms with E-state index in [1.165, 1.54) is 0 Å². The van der Waals surface area contributed by atoms with Crippen LogP contribution in [0.1, 0.15) is 54.0 Å². The van der Waals surface area contributed by atoms with E-state index in [2.05, 4.69) is 17.6 Å². The van der Waals surface area contributed by atoms with Crippen LogP contribution in [0.15, 0.2) is 91.0 Å². The lowest BCUT2D eigenvalue weighted by Gasteiger charge is -2.22. The largest absolute Gasteiger partial charge is 0.478 e. The number of rotatable bonds is 10. The second-order valence-electron chi connectivity index (χ2n) is 10.3. The fourth-order valence-electron chi connectivity index (χ4n) is 5.29. The Labute approximate surface area is 246 Å². The van der Waals surface area contributed by atoms with E-state index in [1.54, 1.807) is 24.0 Å². The SMILES string of the molecule is CCCCc1nc2ccc(N(Cc3ccccc3)C(=O)OCC)cc2n1-c1ccc(-c2ccccc2C(=O)O)c(C)c1. The first-order valence-electron chi connectivity index (χ1n) is 14.3. The highest BCUT2D eigenvalue weighted by molar-refractivity contribution is 5.96. The molecule has 0 aliphatic heterocycles. The molecule has 0 aliphatic rings. The predicted molar refractivity (Wildman–Crippen MR) is 166 cm³/mol. The van der Waals surface area contributed by atoms with Crippen molar-refractivity contribution in [1.82, 2.24) is 9.55 Å². The van der Waals surface area contributed by atoms with Crippen LogP contribution in [0, 0.1) is 6.92 Å². The van der Waals surface area contributed by atoms with E-state index in [4.69, 9.17) is 9.72 Å². The molecule has 0 bridgehead atoms. The summed E-state index contributed by atoms with van der Waals surface area (Å²) in [6.45, 7) is 6.61. The molecule has 1 amide bonds. The highest BCUT2D eigenvalue weighted by Gasteiger charge is 2.21. The summed E-state index contributed by atoms with van der Waals surface area (Å²) in [6.07, 6.45) is 2.42. The van der Waals surface area contributed by atoms with Gasteiger partial charge in [0.25, 0.3) is 0 Å². The third-order valence-corrected chi connectivity index (χ3v) is 7.36. The number of hydrogen-bond donors (Lipinski definition) is 1. The topological polar surface area (TPSA) is 84.7 Å². The summed E-state index contributed by atoms with van der Waals surface area (Å²) < 4.78 is 7.59. The van der Waals surface area contributed by atoms with Gasteiger partial charge in [0.05, 0.1) is 29.7 Å². The minimum atomic E-state index is -0.953. The highest BCUT2D eigenvalue weighted by Crippen LogP contribution is 2.32. The Bertz CT molecular complexity index is 1730. The molecule has 42 heavy (non-hydrogen) atoms. The summed E-state index contributed by atoms with van der Waals surface area (Å²) >= 11 is 0. The molecule has 0 aliphatic carbocycles. The predicted octanol–water partition coefficient (Wildman–Crippen LogP) is 8.20. The number of aromatic carboxylic acids is 1. The monoisotopic (exact) mass is 561 g/mol. The quantitative estimate of drug-likeness (QED) is 0.186. The maximum atomic E-state index is 13.1. The molecule has 1 N–H and O–H groups in total. The Morgan fingerprint density at radius 3 is 2.38 bits per heavy atom. The summed E-state index contributed by atoms with van der Waals surface area (Å²) in [7, 11) is 0. The van der Waals surface area contributed by atoms with Gasteiger partial charge in [-0.15, -0.1) is 0 Å². The summed E-state index contributed by atoms with van der Waals surface area (Å²) in [5.74, 6) is -0.0152. The van der Waals surface area contributed by atoms with Crippen molar-refractivity contribution in [2.75, 3.05) is 11.5 Å². The van der Waals surface area contributed by atoms with Crippen molar-refractivity contribution in [2.24, 2.45) is 0 Å². The zero-order valence-electron chi connectivity index (χ0n) is 24.2. The molecule has 0 saturated heterocycles. The van der Waals surface area contributed by atoms with Crippen LogP contribution >= 0.6 is 0 Å². The standard InChI is InChI=1S/C35H35N3O4/c1-4-6-16-33-36-31-20-18-26(37(35(41)42-5-2)23-25-12-8-7-9-13-25)22-32(31)38(33)27-17-19-28(24(3)21-27)29-14-10-11-15-30(29)34(39)40/h7-15,17-22H,4-6,16,23H2,1-3H3,(H,39,40). The van der Waals surface area contributed by atoms with Gasteiger partial charge in [0.15, 0.2) is 0 Å². The number of ether oxygens (including phenoxy) is 1. The summed E-state index contributed by atoms with van der Waals surface area (Å²) in [5.41, 5.74) is 7.15. The minimum Gasteiger partial charge on any atom is -0.478 e. The van der Waals surface area contributed by atoms with E-state index in [9.17, 15) is 14.7 Å². The number of carboxylic acids is 1. The van der Waals surface area contributed by atoms with Crippen molar-refractivity contribution in [3.8, 4) is 16.8 Å². The van der Waals surface area contributed by atoms with Gasteiger partial charge in [-0.05, 0) is 78.9 Å². The van der Waals surface area contributed by atoms with E-state index in [0.29, 0.717) is 12.1 Å². The van der Waals surface area contributed by atoms with Gasteiger partial charge >= 0.3 is 12.1 Å². The average molecular weight is 562 g/mol. The van der Waals surface area contributed by atoms with E-state index in [-0.39, 0.29) is 12.2 Å². The Hall–Kier alpha value is -4.91. The first kappa shape index (κ1) is 28.6. The highest BCUT2D eigenvalue weighted by atomic mass is 16.6. The number of nitrogens with zero attached hydrogens (tertiary/aromatic N) is 3. The maximum Gasteiger partial charge on any atom is 0.414 e. The molecular formula is C35H35N3O4. The van der Waals surface area contributed by atoms with Crippen LogP contribution in [0.5, 0.6) is 0 Å². The molecule has 214 valence electrons. The smallest absolute Gasteiger partial charge is 0.414 e. The normalized spacial score (nSPS) is 11.0. The first-order valence-corrected chi connectivity index (χ1v) is 14.3. The number of imidazole rings is 1. The lowest BCUT2D eigenvalue weighted by atomic mass is 9.95. The van der Waals surface area contributed by atoms with E-state index in [1.807, 2.05) is 79.7 Å². The molecule has 5 aromatic rings. The zero-order valence-corrected chi connectivity index (χ0v) is 24.2. The van der Waals surface area contributed by atoms with Crippen LogP contribution in [0.3, 0.4) is 0 Å². The van der Waals surface area contributed by atoms with Crippen LogP contribution in [0.2, 0.25) is 0 Å². The molecule has 7 nitrogen and oxygen atoms in total. The first-order chi connectivity index (χ1) is 20.4. The summed E-state index contributed by atoms with van der Waals surface area (Å²) in [5, 5.41) is 9.75. The van der Waals surface area contributed by atoms with Crippen LogP contribution in [-0.2, 0) is 17.7 Å². The van der Waals surface area contributed by atoms with Crippen molar-refractivity contribution in [3.05, 3.63) is 114 Å².